The van der Waals surface area contributed by atoms with Gasteiger partial charge < -0.3 is 5.11 Å². The zero-order valence-corrected chi connectivity index (χ0v) is 11.6. The van der Waals surface area contributed by atoms with Gasteiger partial charge in [-0.25, -0.2) is 4.98 Å². The molecule has 0 aliphatic heterocycles. The second-order valence-electron chi connectivity index (χ2n) is 3.55. The molecule has 2 rings (SSSR count). The average molecular weight is 319 g/mol. The summed E-state index contributed by atoms with van der Waals surface area (Å²) in [5, 5.41) is 11.2. The van der Waals surface area contributed by atoms with Gasteiger partial charge in [-0.1, -0.05) is 23.7 Å². The lowest BCUT2D eigenvalue weighted by Gasteiger charge is -2.22. The van der Waals surface area contributed by atoms with Gasteiger partial charge in [0.2, 0.25) is 0 Å². The second-order valence-corrected chi connectivity index (χ2v) is 5.59. The van der Waals surface area contributed by atoms with Crippen molar-refractivity contribution in [2.24, 2.45) is 0 Å². The van der Waals surface area contributed by atoms with Crippen molar-refractivity contribution in [1.82, 2.24) is 4.98 Å². The lowest BCUT2D eigenvalue weighted by molar-refractivity contribution is 0.105. The molecule has 0 bridgehead atoms. The van der Waals surface area contributed by atoms with E-state index in [1.807, 2.05) is 12.1 Å². The fourth-order valence-corrected chi connectivity index (χ4v) is 3.24. The van der Waals surface area contributed by atoms with E-state index in [1.54, 1.807) is 24.6 Å². The number of aliphatic hydroxyl groups is 1. The topological polar surface area (TPSA) is 33.1 Å². The minimum absolute atomic E-state index is 0.655. The van der Waals surface area contributed by atoms with E-state index in [9.17, 15) is 5.11 Å². The Balaban J connectivity index is 2.46. The van der Waals surface area contributed by atoms with Crippen molar-refractivity contribution in [2.75, 3.05) is 0 Å². The molecule has 1 aromatic carbocycles. The maximum Gasteiger partial charge on any atom is 0.124 e. The lowest BCUT2D eigenvalue weighted by Crippen LogP contribution is -2.21. The molecule has 1 N–H and O–H groups in total. The third-order valence-corrected chi connectivity index (χ3v) is 4.53. The maximum atomic E-state index is 10.5. The van der Waals surface area contributed by atoms with Gasteiger partial charge in [-0.3, -0.25) is 0 Å². The summed E-state index contributed by atoms with van der Waals surface area (Å²) in [5.41, 5.74) is 1.44. The van der Waals surface area contributed by atoms with Crippen LogP contribution in [0.25, 0.3) is 0 Å². The number of thiazole rings is 1. The number of hydrogen-bond acceptors (Lipinski definition) is 3. The number of aromatic nitrogens is 1. The van der Waals surface area contributed by atoms with Crippen molar-refractivity contribution in [2.45, 2.75) is 12.5 Å². The Morgan fingerprint density at radius 3 is 2.50 bits per heavy atom. The molecule has 0 spiro atoms. The monoisotopic (exact) mass is 317 g/mol. The van der Waals surface area contributed by atoms with Crippen LogP contribution in [0.15, 0.2) is 34.4 Å². The van der Waals surface area contributed by atoms with Crippen LogP contribution in [0.5, 0.6) is 0 Å². The van der Waals surface area contributed by atoms with Crippen LogP contribution < -0.4 is 0 Å². The van der Waals surface area contributed by atoms with Gasteiger partial charge in [0, 0.05) is 5.02 Å². The zero-order chi connectivity index (χ0) is 11.8. The summed E-state index contributed by atoms with van der Waals surface area (Å²) in [6, 6.07) is 7.16. The highest BCUT2D eigenvalue weighted by Gasteiger charge is 2.29. The molecule has 1 unspecified atom stereocenters. The van der Waals surface area contributed by atoms with Crippen LogP contribution in [0.2, 0.25) is 5.02 Å². The highest BCUT2D eigenvalue weighted by molar-refractivity contribution is 9.10. The molecule has 0 aliphatic carbocycles. The third-order valence-electron chi connectivity index (χ3n) is 2.37. The van der Waals surface area contributed by atoms with E-state index < -0.39 is 5.60 Å². The molecule has 0 saturated heterocycles. The summed E-state index contributed by atoms with van der Waals surface area (Å²) in [7, 11) is 0. The third kappa shape index (κ3) is 2.15. The molecule has 2 nitrogen and oxygen atoms in total. The van der Waals surface area contributed by atoms with Crippen molar-refractivity contribution in [3.63, 3.8) is 0 Å². The Bertz CT molecular complexity index is 495. The minimum Gasteiger partial charge on any atom is -0.380 e. The minimum atomic E-state index is -1.05. The van der Waals surface area contributed by atoms with Crippen molar-refractivity contribution in [3.8, 4) is 0 Å². The predicted molar refractivity (Wildman–Crippen MR) is 69.9 cm³/mol. The largest absolute Gasteiger partial charge is 0.380 e. The predicted octanol–water partition coefficient (Wildman–Crippen LogP) is 3.81. The van der Waals surface area contributed by atoms with E-state index in [0.717, 1.165) is 10.4 Å². The molecule has 1 aromatic heterocycles. The van der Waals surface area contributed by atoms with Crippen molar-refractivity contribution in [1.29, 1.82) is 0 Å². The Labute approximate surface area is 111 Å². The normalized spacial score (nSPS) is 14.8. The van der Waals surface area contributed by atoms with Crippen LogP contribution >= 0.6 is 38.9 Å². The Hall–Kier alpha value is -0.420. The summed E-state index contributed by atoms with van der Waals surface area (Å²) in [4.78, 5) is 4.86. The van der Waals surface area contributed by atoms with Gasteiger partial charge in [0.15, 0.2) is 0 Å². The second kappa shape index (κ2) is 4.45. The van der Waals surface area contributed by atoms with Crippen LogP contribution in [0.4, 0.5) is 0 Å². The fourth-order valence-electron chi connectivity index (χ4n) is 1.45. The standard InChI is InChI=1S/C11H9BrClNOS/c1-11(15,9-10(12)14-6-16-9)7-2-4-8(13)5-3-7/h2-6,15H,1H3. The first-order valence-corrected chi connectivity index (χ1v) is 6.65. The lowest BCUT2D eigenvalue weighted by atomic mass is 9.95. The molecule has 16 heavy (non-hydrogen) atoms. The number of benzene rings is 1. The summed E-state index contributed by atoms with van der Waals surface area (Å²) < 4.78 is 0.678. The van der Waals surface area contributed by atoms with Gasteiger partial charge in [-0.15, -0.1) is 11.3 Å². The highest BCUT2D eigenvalue weighted by atomic mass is 79.9. The molecular formula is C11H9BrClNOS. The number of halogens is 2. The van der Waals surface area contributed by atoms with Crippen molar-refractivity contribution < 1.29 is 5.11 Å². The number of nitrogens with zero attached hydrogens (tertiary/aromatic N) is 1. The van der Waals surface area contributed by atoms with E-state index in [0.29, 0.717) is 9.63 Å². The van der Waals surface area contributed by atoms with Crippen molar-refractivity contribution >= 4 is 38.9 Å². The van der Waals surface area contributed by atoms with Crippen LogP contribution in [-0.4, -0.2) is 10.1 Å². The molecule has 0 aliphatic rings. The molecule has 0 fully saturated rings. The van der Waals surface area contributed by atoms with Gasteiger partial charge >= 0.3 is 0 Å². The van der Waals surface area contributed by atoms with Gasteiger partial charge in [0.25, 0.3) is 0 Å². The van der Waals surface area contributed by atoms with Crippen LogP contribution in [0.1, 0.15) is 17.4 Å². The maximum absolute atomic E-state index is 10.5. The number of rotatable bonds is 2. The molecular weight excluding hydrogens is 310 g/mol. The summed E-state index contributed by atoms with van der Waals surface area (Å²) in [6.45, 7) is 1.74. The quantitative estimate of drug-likeness (QED) is 0.913. The van der Waals surface area contributed by atoms with Crippen LogP contribution in [0, 0.1) is 0 Å². The first-order valence-electron chi connectivity index (χ1n) is 4.59. The average Bonchev–Trinajstić information content (AvgIpc) is 2.66. The van der Waals surface area contributed by atoms with Crippen LogP contribution in [0.3, 0.4) is 0 Å². The van der Waals surface area contributed by atoms with E-state index in [2.05, 4.69) is 20.9 Å². The first kappa shape index (κ1) is 12.0. The van der Waals surface area contributed by atoms with E-state index in [1.165, 1.54) is 11.3 Å². The SMILES string of the molecule is CC(O)(c1ccc(Cl)cc1)c1scnc1Br. The molecule has 84 valence electrons. The zero-order valence-electron chi connectivity index (χ0n) is 8.45. The van der Waals surface area contributed by atoms with Gasteiger partial charge in [0.05, 0.1) is 10.4 Å². The van der Waals surface area contributed by atoms with Gasteiger partial charge in [0.1, 0.15) is 10.2 Å². The summed E-state index contributed by atoms with van der Waals surface area (Å²) in [6.07, 6.45) is 0. The molecule has 1 heterocycles. The highest BCUT2D eigenvalue weighted by Crippen LogP contribution is 2.36. The Morgan fingerprint density at radius 1 is 1.38 bits per heavy atom. The van der Waals surface area contributed by atoms with E-state index >= 15 is 0 Å². The Kier molecular flexibility index (Phi) is 3.35. The fraction of sp³-hybridized carbons (Fsp3) is 0.182. The van der Waals surface area contributed by atoms with Gasteiger partial charge in [-0.05, 0) is 40.5 Å². The van der Waals surface area contributed by atoms with E-state index in [4.69, 9.17) is 11.6 Å². The smallest absolute Gasteiger partial charge is 0.124 e. The Morgan fingerprint density at radius 2 is 2.00 bits per heavy atom. The molecule has 1 atom stereocenters. The molecule has 0 radical (unpaired) electrons. The first-order chi connectivity index (χ1) is 7.51. The molecule has 0 amide bonds. The summed E-state index contributed by atoms with van der Waals surface area (Å²) in [5.74, 6) is 0. The van der Waals surface area contributed by atoms with Crippen molar-refractivity contribution in [3.05, 3.63) is 49.8 Å². The molecule has 2 aromatic rings. The van der Waals surface area contributed by atoms with Crippen LogP contribution in [-0.2, 0) is 5.60 Å². The van der Waals surface area contributed by atoms with Gasteiger partial charge in [-0.2, -0.15) is 0 Å². The summed E-state index contributed by atoms with van der Waals surface area (Å²) >= 11 is 10.6. The van der Waals surface area contributed by atoms with E-state index in [-0.39, 0.29) is 0 Å². The number of hydrogen-bond donors (Lipinski definition) is 1. The molecule has 5 heteroatoms. The molecule has 0 saturated carbocycles.